The summed E-state index contributed by atoms with van der Waals surface area (Å²) in [6, 6.07) is 6.45. The summed E-state index contributed by atoms with van der Waals surface area (Å²) < 4.78 is 18.5. The Kier molecular flexibility index (Phi) is 10.0. The van der Waals surface area contributed by atoms with Crippen LogP contribution in [-0.2, 0) is 0 Å². The van der Waals surface area contributed by atoms with E-state index in [-0.39, 0.29) is 35.9 Å². The Bertz CT molecular complexity index is 508. The molecule has 1 aliphatic carbocycles. The molecule has 5 nitrogen and oxygen atoms in total. The number of aliphatic hydroxyl groups excluding tert-OH is 1. The minimum Gasteiger partial charge on any atom is -0.492 e. The number of guanidine groups is 1. The summed E-state index contributed by atoms with van der Waals surface area (Å²) in [5.74, 6) is 0.969. The molecule has 1 fully saturated rings. The molecule has 0 saturated heterocycles. The molecular formula is C17H27FIN3O2. The van der Waals surface area contributed by atoms with Crippen LogP contribution in [0.25, 0.3) is 0 Å². The van der Waals surface area contributed by atoms with Crippen molar-refractivity contribution in [2.75, 3.05) is 19.7 Å². The smallest absolute Gasteiger partial charge is 0.191 e. The molecule has 0 atom stereocenters. The van der Waals surface area contributed by atoms with Crippen molar-refractivity contribution in [1.29, 1.82) is 0 Å². The van der Waals surface area contributed by atoms with Gasteiger partial charge < -0.3 is 20.5 Å². The van der Waals surface area contributed by atoms with Crippen LogP contribution < -0.4 is 15.4 Å². The molecule has 0 spiro atoms. The van der Waals surface area contributed by atoms with E-state index in [4.69, 9.17) is 4.74 Å². The van der Waals surface area contributed by atoms with E-state index < -0.39 is 0 Å². The molecular weight excluding hydrogens is 424 g/mol. The van der Waals surface area contributed by atoms with E-state index in [0.29, 0.717) is 24.9 Å². The second kappa shape index (κ2) is 11.5. The van der Waals surface area contributed by atoms with E-state index in [2.05, 4.69) is 15.6 Å². The molecule has 0 aliphatic heterocycles. The molecule has 1 saturated carbocycles. The molecule has 0 radical (unpaired) electrons. The molecule has 2 rings (SSSR count). The Morgan fingerprint density at radius 2 is 2.08 bits per heavy atom. The van der Waals surface area contributed by atoms with Crippen molar-refractivity contribution in [2.24, 2.45) is 4.99 Å². The largest absolute Gasteiger partial charge is 0.492 e. The monoisotopic (exact) mass is 451 g/mol. The first kappa shape index (κ1) is 21.0. The van der Waals surface area contributed by atoms with Gasteiger partial charge in [-0.05, 0) is 44.7 Å². The SMILES string of the molecule is CCNC(=NCCOc1cccc(F)c1)NC1CCC(O)CC1.I. The Hall–Kier alpha value is -1.09. The number of aliphatic hydroxyl groups is 1. The van der Waals surface area contributed by atoms with Crippen molar-refractivity contribution in [3.63, 3.8) is 0 Å². The molecule has 0 heterocycles. The summed E-state index contributed by atoms with van der Waals surface area (Å²) in [4.78, 5) is 4.48. The van der Waals surface area contributed by atoms with Gasteiger partial charge in [-0.25, -0.2) is 9.38 Å². The number of benzene rings is 1. The van der Waals surface area contributed by atoms with Crippen LogP contribution in [0.3, 0.4) is 0 Å². The predicted octanol–water partition coefficient (Wildman–Crippen LogP) is 2.68. The molecule has 24 heavy (non-hydrogen) atoms. The molecule has 0 amide bonds. The average molecular weight is 451 g/mol. The first-order chi connectivity index (χ1) is 11.2. The number of aliphatic imine (C=N–C) groups is 1. The van der Waals surface area contributed by atoms with Crippen molar-refractivity contribution in [1.82, 2.24) is 10.6 Å². The lowest BCUT2D eigenvalue weighted by Crippen LogP contribution is -2.45. The molecule has 7 heteroatoms. The van der Waals surface area contributed by atoms with E-state index in [0.717, 1.165) is 38.2 Å². The highest BCUT2D eigenvalue weighted by Crippen LogP contribution is 2.18. The lowest BCUT2D eigenvalue weighted by Gasteiger charge is -2.27. The second-order valence-corrected chi connectivity index (χ2v) is 5.72. The number of hydrogen-bond acceptors (Lipinski definition) is 3. The van der Waals surface area contributed by atoms with Crippen molar-refractivity contribution in [3.05, 3.63) is 30.1 Å². The number of rotatable bonds is 6. The van der Waals surface area contributed by atoms with Gasteiger partial charge in [0.25, 0.3) is 0 Å². The maximum Gasteiger partial charge on any atom is 0.191 e. The number of nitrogens with zero attached hydrogens (tertiary/aromatic N) is 1. The summed E-state index contributed by atoms with van der Waals surface area (Å²) in [6.07, 6.45) is 3.41. The Morgan fingerprint density at radius 3 is 2.75 bits per heavy atom. The van der Waals surface area contributed by atoms with Crippen molar-refractivity contribution in [3.8, 4) is 5.75 Å². The molecule has 0 aromatic heterocycles. The Balaban J connectivity index is 0.00000288. The highest BCUT2D eigenvalue weighted by molar-refractivity contribution is 14.0. The zero-order chi connectivity index (χ0) is 16.5. The molecule has 1 aliphatic rings. The molecule has 1 aromatic carbocycles. The lowest BCUT2D eigenvalue weighted by atomic mass is 9.93. The third kappa shape index (κ3) is 7.65. The predicted molar refractivity (Wildman–Crippen MR) is 105 cm³/mol. The lowest BCUT2D eigenvalue weighted by molar-refractivity contribution is 0.120. The number of hydrogen-bond donors (Lipinski definition) is 3. The van der Waals surface area contributed by atoms with Crippen LogP contribution in [0.4, 0.5) is 4.39 Å². The molecule has 136 valence electrons. The van der Waals surface area contributed by atoms with Crippen LogP contribution in [0, 0.1) is 5.82 Å². The van der Waals surface area contributed by atoms with E-state index in [1.54, 1.807) is 12.1 Å². The van der Waals surface area contributed by atoms with Crippen LogP contribution in [-0.4, -0.2) is 42.9 Å². The zero-order valence-corrected chi connectivity index (χ0v) is 16.3. The molecule has 0 bridgehead atoms. The quantitative estimate of drug-likeness (QED) is 0.269. The summed E-state index contributed by atoms with van der Waals surface area (Å²) in [5.41, 5.74) is 0. The van der Waals surface area contributed by atoms with E-state index in [1.807, 2.05) is 6.92 Å². The highest BCUT2D eigenvalue weighted by atomic mass is 127. The minimum atomic E-state index is -0.305. The Morgan fingerprint density at radius 1 is 1.33 bits per heavy atom. The fourth-order valence-corrected chi connectivity index (χ4v) is 2.61. The molecule has 1 aromatic rings. The van der Waals surface area contributed by atoms with Gasteiger partial charge in [0, 0.05) is 18.7 Å². The third-order valence-electron chi connectivity index (χ3n) is 3.81. The molecule has 0 unspecified atom stereocenters. The van der Waals surface area contributed by atoms with Crippen molar-refractivity contribution < 1.29 is 14.2 Å². The third-order valence-corrected chi connectivity index (χ3v) is 3.81. The first-order valence-electron chi connectivity index (χ1n) is 8.28. The maximum atomic E-state index is 13.0. The second-order valence-electron chi connectivity index (χ2n) is 5.72. The van der Waals surface area contributed by atoms with Crippen LogP contribution in [0.15, 0.2) is 29.3 Å². The van der Waals surface area contributed by atoms with E-state index >= 15 is 0 Å². The van der Waals surface area contributed by atoms with Gasteiger partial charge in [0.15, 0.2) is 5.96 Å². The van der Waals surface area contributed by atoms with Crippen LogP contribution in [0.1, 0.15) is 32.6 Å². The van der Waals surface area contributed by atoms with Gasteiger partial charge >= 0.3 is 0 Å². The van der Waals surface area contributed by atoms with Gasteiger partial charge in [-0.1, -0.05) is 6.07 Å². The summed E-state index contributed by atoms with van der Waals surface area (Å²) in [7, 11) is 0. The summed E-state index contributed by atoms with van der Waals surface area (Å²) >= 11 is 0. The summed E-state index contributed by atoms with van der Waals surface area (Å²) in [5, 5.41) is 16.2. The van der Waals surface area contributed by atoms with Gasteiger partial charge in [0.2, 0.25) is 0 Å². The number of halogens is 2. The standard InChI is InChI=1S/C17H26FN3O2.HI/c1-2-19-17(21-14-6-8-15(22)9-7-14)20-10-11-23-16-5-3-4-13(18)12-16;/h3-5,12,14-15,22H,2,6-11H2,1H3,(H2,19,20,21);1H. The van der Waals surface area contributed by atoms with Gasteiger partial charge in [0.05, 0.1) is 12.6 Å². The summed E-state index contributed by atoms with van der Waals surface area (Å²) in [6.45, 7) is 3.68. The average Bonchev–Trinajstić information content (AvgIpc) is 2.54. The Labute approximate surface area is 160 Å². The fraction of sp³-hybridized carbons (Fsp3) is 0.588. The number of ether oxygens (including phenoxy) is 1. The minimum absolute atomic E-state index is 0. The van der Waals surface area contributed by atoms with Gasteiger partial charge in [-0.3, -0.25) is 0 Å². The van der Waals surface area contributed by atoms with Gasteiger partial charge in [-0.2, -0.15) is 0 Å². The zero-order valence-electron chi connectivity index (χ0n) is 14.0. The topological polar surface area (TPSA) is 65.9 Å². The number of nitrogens with one attached hydrogen (secondary N) is 2. The van der Waals surface area contributed by atoms with Crippen molar-refractivity contribution in [2.45, 2.75) is 44.8 Å². The van der Waals surface area contributed by atoms with Gasteiger partial charge in [0.1, 0.15) is 18.2 Å². The highest BCUT2D eigenvalue weighted by Gasteiger charge is 2.19. The normalized spacial score (nSPS) is 20.9. The van der Waals surface area contributed by atoms with Crippen LogP contribution in [0.5, 0.6) is 5.75 Å². The van der Waals surface area contributed by atoms with Gasteiger partial charge in [-0.15, -0.1) is 24.0 Å². The van der Waals surface area contributed by atoms with E-state index in [9.17, 15) is 9.50 Å². The van der Waals surface area contributed by atoms with Crippen LogP contribution in [0.2, 0.25) is 0 Å². The fourth-order valence-electron chi connectivity index (χ4n) is 2.61. The van der Waals surface area contributed by atoms with E-state index in [1.165, 1.54) is 12.1 Å². The molecule has 3 N–H and O–H groups in total. The van der Waals surface area contributed by atoms with Crippen molar-refractivity contribution >= 4 is 29.9 Å². The van der Waals surface area contributed by atoms with Crippen LogP contribution >= 0.6 is 24.0 Å². The first-order valence-corrected chi connectivity index (χ1v) is 8.28. The maximum absolute atomic E-state index is 13.0.